The van der Waals surface area contributed by atoms with E-state index < -0.39 is 28.3 Å². The van der Waals surface area contributed by atoms with Gasteiger partial charge in [0.1, 0.15) is 12.4 Å². The summed E-state index contributed by atoms with van der Waals surface area (Å²) in [5.41, 5.74) is 0.193. The normalized spacial score (nSPS) is 11.1. The van der Waals surface area contributed by atoms with Crippen molar-refractivity contribution in [1.29, 1.82) is 0 Å². The predicted molar refractivity (Wildman–Crippen MR) is 98.0 cm³/mol. The van der Waals surface area contributed by atoms with Gasteiger partial charge in [0.05, 0.1) is 11.9 Å². The molecule has 2 rings (SSSR count). The summed E-state index contributed by atoms with van der Waals surface area (Å²) in [4.78, 5) is 12.2. The fraction of sp³-hybridized carbons (Fsp3) is 0.214. The Balaban J connectivity index is 2.08. The van der Waals surface area contributed by atoms with Gasteiger partial charge in [-0.2, -0.15) is 0 Å². The van der Waals surface area contributed by atoms with E-state index in [4.69, 9.17) is 0 Å². The highest BCUT2D eigenvalue weighted by atomic mass is 32.2. The van der Waals surface area contributed by atoms with Gasteiger partial charge in [-0.15, -0.1) is 16.8 Å². The summed E-state index contributed by atoms with van der Waals surface area (Å²) in [5.74, 6) is -0.416. The summed E-state index contributed by atoms with van der Waals surface area (Å²) in [6, 6.07) is 4.83. The molecule has 0 aliphatic rings. The van der Waals surface area contributed by atoms with E-state index in [1.165, 1.54) is 35.2 Å². The van der Waals surface area contributed by atoms with Crippen LogP contribution in [0.1, 0.15) is 0 Å². The van der Waals surface area contributed by atoms with Crippen molar-refractivity contribution < 1.29 is 17.6 Å². The minimum atomic E-state index is -3.72. The predicted octanol–water partition coefficient (Wildman–Crippen LogP) is 2.36. The zero-order chi connectivity index (χ0) is 18.4. The Bertz CT molecular complexity index is 852. The lowest BCUT2D eigenvalue weighted by Crippen LogP contribution is -2.37. The molecule has 1 aromatic heterocycles. The summed E-state index contributed by atoms with van der Waals surface area (Å²) >= 11 is 2.60. The van der Waals surface area contributed by atoms with E-state index in [1.54, 1.807) is 6.08 Å². The number of carbonyl (C=O) groups excluding carboxylic acids is 1. The minimum Gasteiger partial charge on any atom is -0.299 e. The number of aromatic nitrogens is 2. The lowest BCUT2D eigenvalue weighted by Gasteiger charge is -2.21. The molecule has 7 nitrogen and oxygen atoms in total. The number of halogens is 1. The molecule has 0 aliphatic heterocycles. The first-order valence-electron chi connectivity index (χ1n) is 6.90. The van der Waals surface area contributed by atoms with Crippen LogP contribution in [-0.4, -0.2) is 43.1 Å². The number of rotatable bonds is 8. The molecule has 0 atom stereocenters. The van der Waals surface area contributed by atoms with Crippen LogP contribution >= 0.6 is 23.1 Å². The van der Waals surface area contributed by atoms with E-state index in [1.807, 2.05) is 0 Å². The van der Waals surface area contributed by atoms with Crippen molar-refractivity contribution in [3.8, 4) is 0 Å². The highest BCUT2D eigenvalue weighted by Gasteiger charge is 2.21. The molecule has 2 aromatic rings. The van der Waals surface area contributed by atoms with E-state index in [9.17, 15) is 17.6 Å². The number of benzene rings is 1. The van der Waals surface area contributed by atoms with Crippen LogP contribution in [-0.2, 0) is 14.8 Å². The van der Waals surface area contributed by atoms with Crippen LogP contribution in [0.15, 0.2) is 41.3 Å². The van der Waals surface area contributed by atoms with E-state index in [2.05, 4.69) is 22.1 Å². The third-order valence-corrected chi connectivity index (χ3v) is 5.89. The molecule has 0 saturated heterocycles. The number of hydrogen-bond acceptors (Lipinski definition) is 7. The molecular formula is C14H15FN4O3S3. The molecule has 0 spiro atoms. The van der Waals surface area contributed by atoms with Crippen LogP contribution in [0.3, 0.4) is 0 Å². The van der Waals surface area contributed by atoms with E-state index in [-0.39, 0.29) is 10.8 Å². The Morgan fingerprint density at radius 3 is 2.68 bits per heavy atom. The molecule has 134 valence electrons. The number of anilines is 2. The van der Waals surface area contributed by atoms with Gasteiger partial charge in [0.15, 0.2) is 4.34 Å². The molecule has 0 fully saturated rings. The van der Waals surface area contributed by atoms with Crippen LogP contribution in [0.4, 0.5) is 15.2 Å². The Morgan fingerprint density at radius 1 is 1.40 bits per heavy atom. The maximum atomic E-state index is 13.0. The van der Waals surface area contributed by atoms with Crippen LogP contribution in [0.25, 0.3) is 0 Å². The van der Waals surface area contributed by atoms with Crippen molar-refractivity contribution in [2.75, 3.05) is 28.2 Å². The highest BCUT2D eigenvalue weighted by molar-refractivity contribution is 8.01. The van der Waals surface area contributed by atoms with Gasteiger partial charge in [-0.05, 0) is 24.3 Å². The molecular weight excluding hydrogens is 387 g/mol. The van der Waals surface area contributed by atoms with Crippen molar-refractivity contribution >= 4 is 49.8 Å². The molecule has 0 bridgehead atoms. The highest BCUT2D eigenvalue weighted by Crippen LogP contribution is 2.25. The van der Waals surface area contributed by atoms with E-state index in [0.29, 0.717) is 10.1 Å². The topological polar surface area (TPSA) is 92.3 Å². The first-order valence-corrected chi connectivity index (χ1v) is 10.5. The lowest BCUT2D eigenvalue weighted by molar-refractivity contribution is -0.114. The summed E-state index contributed by atoms with van der Waals surface area (Å²) in [6.07, 6.45) is 2.69. The van der Waals surface area contributed by atoms with Gasteiger partial charge < -0.3 is 0 Å². The summed E-state index contributed by atoms with van der Waals surface area (Å²) in [7, 11) is -3.72. The maximum Gasteiger partial charge on any atom is 0.246 e. The average molecular weight is 402 g/mol. The number of thioether (sulfide) groups is 1. The first-order chi connectivity index (χ1) is 11.8. The smallest absolute Gasteiger partial charge is 0.246 e. The van der Waals surface area contributed by atoms with Crippen molar-refractivity contribution in [1.82, 2.24) is 10.2 Å². The fourth-order valence-corrected chi connectivity index (χ4v) is 4.13. The third kappa shape index (κ3) is 5.80. The number of nitrogens with one attached hydrogen (secondary N) is 1. The van der Waals surface area contributed by atoms with Crippen LogP contribution < -0.4 is 9.62 Å². The number of amides is 1. The Labute approximate surface area is 153 Å². The second-order valence-corrected chi connectivity index (χ2v) is 8.92. The van der Waals surface area contributed by atoms with Gasteiger partial charge in [-0.25, -0.2) is 12.8 Å². The molecule has 0 aliphatic carbocycles. The summed E-state index contributed by atoms with van der Waals surface area (Å²) in [6.45, 7) is 3.14. The van der Waals surface area contributed by atoms with E-state index in [0.717, 1.165) is 22.7 Å². The van der Waals surface area contributed by atoms with Gasteiger partial charge in [0.25, 0.3) is 0 Å². The second kappa shape index (κ2) is 8.41. The number of carbonyl (C=O) groups is 1. The van der Waals surface area contributed by atoms with Crippen molar-refractivity contribution in [2.24, 2.45) is 0 Å². The quantitative estimate of drug-likeness (QED) is 0.414. The van der Waals surface area contributed by atoms with Gasteiger partial charge in [0.2, 0.25) is 21.1 Å². The second-order valence-electron chi connectivity index (χ2n) is 4.77. The Kier molecular flexibility index (Phi) is 6.51. The molecule has 1 aromatic carbocycles. The Hall–Kier alpha value is -1.98. The van der Waals surface area contributed by atoms with Crippen LogP contribution in [0.2, 0.25) is 0 Å². The van der Waals surface area contributed by atoms with Crippen LogP contribution in [0.5, 0.6) is 0 Å². The molecule has 1 heterocycles. The number of hydrogen-bond donors (Lipinski definition) is 1. The largest absolute Gasteiger partial charge is 0.299 e. The molecule has 0 unspecified atom stereocenters. The van der Waals surface area contributed by atoms with Gasteiger partial charge in [0, 0.05) is 5.75 Å². The lowest BCUT2D eigenvalue weighted by atomic mass is 10.3. The minimum absolute atomic E-state index is 0.193. The molecule has 11 heteroatoms. The zero-order valence-corrected chi connectivity index (χ0v) is 15.6. The number of sulfonamides is 1. The van der Waals surface area contributed by atoms with Crippen molar-refractivity contribution in [3.05, 3.63) is 42.7 Å². The molecule has 0 saturated carbocycles. The zero-order valence-electron chi connectivity index (χ0n) is 13.2. The molecule has 1 N–H and O–H groups in total. The van der Waals surface area contributed by atoms with Crippen LogP contribution in [0, 0.1) is 5.82 Å². The average Bonchev–Trinajstić information content (AvgIpc) is 2.98. The SMILES string of the molecule is C=CCSc1nnc(NC(=O)CN(c2ccc(F)cc2)S(C)(=O)=O)s1. The summed E-state index contributed by atoms with van der Waals surface area (Å²) in [5, 5.41) is 10.5. The first kappa shape index (κ1) is 19.3. The van der Waals surface area contributed by atoms with Gasteiger partial charge >= 0.3 is 0 Å². The number of nitrogens with zero attached hydrogens (tertiary/aromatic N) is 3. The van der Waals surface area contributed by atoms with Crippen molar-refractivity contribution in [3.63, 3.8) is 0 Å². The fourth-order valence-electron chi connectivity index (χ4n) is 1.75. The standard InChI is InChI=1S/C14H15FN4O3S3/c1-3-8-23-14-18-17-13(24-14)16-12(20)9-19(25(2,21)22)11-6-4-10(15)5-7-11/h3-7H,1,8-9H2,2H3,(H,16,17,20). The van der Waals surface area contributed by atoms with Gasteiger partial charge in [-0.3, -0.25) is 14.4 Å². The van der Waals surface area contributed by atoms with E-state index >= 15 is 0 Å². The van der Waals surface area contributed by atoms with Gasteiger partial charge in [-0.1, -0.05) is 29.2 Å². The molecule has 25 heavy (non-hydrogen) atoms. The van der Waals surface area contributed by atoms with Crippen molar-refractivity contribution in [2.45, 2.75) is 4.34 Å². The molecule has 1 amide bonds. The Morgan fingerprint density at radius 2 is 2.08 bits per heavy atom. The maximum absolute atomic E-state index is 13.0. The summed E-state index contributed by atoms with van der Waals surface area (Å²) < 4.78 is 38.4. The molecule has 0 radical (unpaired) electrons. The monoisotopic (exact) mass is 402 g/mol. The third-order valence-electron chi connectivity index (χ3n) is 2.78.